The number of sulfonamides is 1. The summed E-state index contributed by atoms with van der Waals surface area (Å²) in [6, 6.07) is 9.81. The summed E-state index contributed by atoms with van der Waals surface area (Å²) in [6.07, 6.45) is 2.24. The van der Waals surface area contributed by atoms with E-state index in [0.29, 0.717) is 44.7 Å². The molecule has 6 nitrogen and oxygen atoms in total. The maximum atomic E-state index is 15.0. The summed E-state index contributed by atoms with van der Waals surface area (Å²) in [5, 5.41) is 0. The third kappa shape index (κ3) is 4.49. The van der Waals surface area contributed by atoms with Gasteiger partial charge in [-0.2, -0.15) is 4.31 Å². The van der Waals surface area contributed by atoms with Crippen molar-refractivity contribution in [2.45, 2.75) is 43.7 Å². The van der Waals surface area contributed by atoms with Crippen LogP contribution in [0.5, 0.6) is 0 Å². The molecule has 172 valence electrons. The first-order chi connectivity index (χ1) is 15.3. The summed E-state index contributed by atoms with van der Waals surface area (Å²) >= 11 is 0. The lowest BCUT2D eigenvalue weighted by atomic mass is 9.93. The Hall–Kier alpha value is -2.52. The van der Waals surface area contributed by atoms with Crippen LogP contribution in [0.15, 0.2) is 47.4 Å². The third-order valence-corrected chi connectivity index (χ3v) is 8.29. The number of nitrogens with zero attached hydrogens (tertiary/aromatic N) is 3. The van der Waals surface area contributed by atoms with Crippen LogP contribution >= 0.6 is 0 Å². The van der Waals surface area contributed by atoms with Crippen LogP contribution in [0.2, 0.25) is 0 Å². The lowest BCUT2D eigenvalue weighted by Gasteiger charge is -2.37. The predicted octanol–water partition coefficient (Wildman–Crippen LogP) is 3.38. The summed E-state index contributed by atoms with van der Waals surface area (Å²) in [4.78, 5) is 14.9. The van der Waals surface area contributed by atoms with Gasteiger partial charge in [0.15, 0.2) is 0 Å². The first-order valence-corrected chi connectivity index (χ1v) is 12.3. The smallest absolute Gasteiger partial charge is 0.246 e. The van der Waals surface area contributed by atoms with Crippen LogP contribution in [0.1, 0.15) is 31.7 Å². The molecule has 2 aromatic carbocycles. The van der Waals surface area contributed by atoms with Crippen LogP contribution in [0.25, 0.3) is 0 Å². The average molecular weight is 464 g/mol. The van der Waals surface area contributed by atoms with E-state index in [9.17, 15) is 17.6 Å². The van der Waals surface area contributed by atoms with E-state index in [1.807, 2.05) is 4.90 Å². The fourth-order valence-corrected chi connectivity index (χ4v) is 5.90. The van der Waals surface area contributed by atoms with Crippen LogP contribution < -0.4 is 4.90 Å². The van der Waals surface area contributed by atoms with Crippen molar-refractivity contribution in [1.29, 1.82) is 0 Å². The molecule has 0 N–H and O–H groups in total. The average Bonchev–Trinajstić information content (AvgIpc) is 2.73. The maximum Gasteiger partial charge on any atom is 0.246 e. The Morgan fingerprint density at radius 3 is 2.28 bits per heavy atom. The normalized spacial score (nSPS) is 17.5. The Morgan fingerprint density at radius 1 is 1.03 bits per heavy atom. The van der Waals surface area contributed by atoms with E-state index in [2.05, 4.69) is 0 Å². The lowest BCUT2D eigenvalue weighted by Crippen LogP contribution is -2.48. The van der Waals surface area contributed by atoms with Gasteiger partial charge < -0.3 is 9.80 Å². The Labute approximate surface area is 187 Å². The Morgan fingerprint density at radius 2 is 1.72 bits per heavy atom. The molecule has 1 heterocycles. The van der Waals surface area contributed by atoms with Crippen molar-refractivity contribution in [2.24, 2.45) is 0 Å². The number of hydrogen-bond donors (Lipinski definition) is 0. The second-order valence-electron chi connectivity index (χ2n) is 8.33. The van der Waals surface area contributed by atoms with Crippen LogP contribution in [0, 0.1) is 11.6 Å². The van der Waals surface area contributed by atoms with Gasteiger partial charge in [0.1, 0.15) is 16.5 Å². The number of piperazine rings is 1. The maximum absolute atomic E-state index is 15.0. The van der Waals surface area contributed by atoms with Gasteiger partial charge in [-0.1, -0.05) is 24.6 Å². The number of carbonyl (C=O) groups excluding carboxylic acids is 1. The molecule has 9 heteroatoms. The molecule has 1 aliphatic carbocycles. The quantitative estimate of drug-likeness (QED) is 0.659. The number of amides is 1. The largest absolute Gasteiger partial charge is 0.368 e. The van der Waals surface area contributed by atoms with Crippen LogP contribution in [-0.2, 0) is 21.4 Å². The van der Waals surface area contributed by atoms with Crippen LogP contribution in [0.4, 0.5) is 14.5 Å². The molecule has 0 bridgehead atoms. The van der Waals surface area contributed by atoms with E-state index in [-0.39, 0.29) is 29.0 Å². The molecule has 1 saturated carbocycles. The number of benzene rings is 2. The summed E-state index contributed by atoms with van der Waals surface area (Å²) < 4.78 is 57.0. The van der Waals surface area contributed by atoms with Crippen LogP contribution in [-0.4, -0.2) is 55.8 Å². The molecular formula is C23H27F2N3O3S. The van der Waals surface area contributed by atoms with E-state index in [0.717, 1.165) is 12.5 Å². The minimum Gasteiger partial charge on any atom is -0.368 e. The summed E-state index contributed by atoms with van der Waals surface area (Å²) in [5.74, 6) is -1.28. The predicted molar refractivity (Wildman–Crippen MR) is 118 cm³/mol. The van der Waals surface area contributed by atoms with Crippen molar-refractivity contribution in [2.75, 3.05) is 31.1 Å². The SMILES string of the molecule is CC(=O)N1CCN(c2ccc(CN(C3CCC3)S(=O)(=O)c3ccccc3F)c(F)c2)CC1. The minimum atomic E-state index is -4.11. The van der Waals surface area contributed by atoms with Gasteiger partial charge in [0.2, 0.25) is 15.9 Å². The van der Waals surface area contributed by atoms with Gasteiger partial charge in [-0.25, -0.2) is 17.2 Å². The van der Waals surface area contributed by atoms with Gasteiger partial charge in [0.25, 0.3) is 0 Å². The van der Waals surface area contributed by atoms with E-state index in [1.165, 1.54) is 35.5 Å². The highest BCUT2D eigenvalue weighted by atomic mass is 32.2. The number of halogens is 2. The molecule has 2 aromatic rings. The molecule has 0 unspecified atom stereocenters. The fourth-order valence-electron chi connectivity index (χ4n) is 4.17. The highest BCUT2D eigenvalue weighted by Crippen LogP contribution is 2.33. The number of rotatable bonds is 6. The Balaban J connectivity index is 1.55. The molecule has 32 heavy (non-hydrogen) atoms. The number of anilines is 1. The zero-order valence-electron chi connectivity index (χ0n) is 18.0. The highest BCUT2D eigenvalue weighted by Gasteiger charge is 2.36. The molecule has 0 radical (unpaired) electrons. The fraction of sp³-hybridized carbons (Fsp3) is 0.435. The third-order valence-electron chi connectivity index (χ3n) is 6.36. The van der Waals surface area contributed by atoms with Gasteiger partial charge in [-0.05, 0) is 37.1 Å². The molecule has 1 aliphatic heterocycles. The monoisotopic (exact) mass is 463 g/mol. The van der Waals surface area contributed by atoms with Crippen molar-refractivity contribution in [1.82, 2.24) is 9.21 Å². The van der Waals surface area contributed by atoms with E-state index >= 15 is 4.39 Å². The van der Waals surface area contributed by atoms with Crippen molar-refractivity contribution in [3.8, 4) is 0 Å². The van der Waals surface area contributed by atoms with Gasteiger partial charge in [-0.15, -0.1) is 0 Å². The number of carbonyl (C=O) groups is 1. The molecule has 2 fully saturated rings. The first-order valence-electron chi connectivity index (χ1n) is 10.8. The number of hydrogen-bond acceptors (Lipinski definition) is 4. The van der Waals surface area contributed by atoms with Crippen molar-refractivity contribution >= 4 is 21.6 Å². The molecule has 0 atom stereocenters. The Kier molecular flexibility index (Phi) is 6.48. The molecule has 4 rings (SSSR count). The lowest BCUT2D eigenvalue weighted by molar-refractivity contribution is -0.129. The molecule has 1 amide bonds. The topological polar surface area (TPSA) is 60.9 Å². The van der Waals surface area contributed by atoms with E-state index in [1.54, 1.807) is 17.0 Å². The standard InChI is InChI=1S/C23H27F2N3O3S/c1-17(29)26-11-13-27(14-12-26)20-10-9-18(22(25)15-20)16-28(19-5-4-6-19)32(30,31)23-8-3-2-7-21(23)24/h2-3,7-10,15,19H,4-6,11-14,16H2,1H3. The second-order valence-corrected chi connectivity index (χ2v) is 10.2. The van der Waals surface area contributed by atoms with Gasteiger partial charge in [0.05, 0.1) is 0 Å². The summed E-state index contributed by atoms with van der Waals surface area (Å²) in [5.41, 5.74) is 0.949. The molecule has 0 aromatic heterocycles. The molecule has 0 spiro atoms. The summed E-state index contributed by atoms with van der Waals surface area (Å²) in [6.45, 7) is 3.76. The van der Waals surface area contributed by atoms with Crippen molar-refractivity contribution in [3.63, 3.8) is 0 Å². The first kappa shape index (κ1) is 22.7. The minimum absolute atomic E-state index is 0.0262. The molecule has 1 saturated heterocycles. The van der Waals surface area contributed by atoms with Gasteiger partial charge in [0, 0.05) is 56.9 Å². The zero-order chi connectivity index (χ0) is 22.9. The zero-order valence-corrected chi connectivity index (χ0v) is 18.8. The summed E-state index contributed by atoms with van der Waals surface area (Å²) in [7, 11) is -4.11. The highest BCUT2D eigenvalue weighted by molar-refractivity contribution is 7.89. The van der Waals surface area contributed by atoms with Crippen molar-refractivity contribution < 1.29 is 22.0 Å². The van der Waals surface area contributed by atoms with Crippen molar-refractivity contribution in [3.05, 3.63) is 59.7 Å². The Bertz CT molecular complexity index is 1100. The second kappa shape index (κ2) is 9.15. The van der Waals surface area contributed by atoms with Crippen LogP contribution in [0.3, 0.4) is 0 Å². The molecule has 2 aliphatic rings. The molecular weight excluding hydrogens is 436 g/mol. The van der Waals surface area contributed by atoms with E-state index in [4.69, 9.17) is 0 Å². The van der Waals surface area contributed by atoms with Gasteiger partial charge in [-0.3, -0.25) is 4.79 Å². The van der Waals surface area contributed by atoms with Gasteiger partial charge >= 0.3 is 0 Å². The van der Waals surface area contributed by atoms with E-state index < -0.39 is 21.7 Å².